The Bertz CT molecular complexity index is 1460. The second-order valence-corrected chi connectivity index (χ2v) is 8.44. The highest BCUT2D eigenvalue weighted by molar-refractivity contribution is 6.06. The van der Waals surface area contributed by atoms with Crippen molar-refractivity contribution < 1.29 is 14.3 Å². The third-order valence-corrected chi connectivity index (χ3v) is 6.04. The van der Waals surface area contributed by atoms with E-state index in [1.54, 1.807) is 29.2 Å². The molecule has 174 valence electrons. The van der Waals surface area contributed by atoms with Crippen LogP contribution in [0.1, 0.15) is 24.1 Å². The Morgan fingerprint density at radius 2 is 1.91 bits per heavy atom. The number of carbonyl (C=O) groups excluding carboxylic acids is 1. The summed E-state index contributed by atoms with van der Waals surface area (Å²) in [7, 11) is 0. The van der Waals surface area contributed by atoms with Gasteiger partial charge < -0.3 is 20.1 Å². The van der Waals surface area contributed by atoms with Gasteiger partial charge in [-0.25, -0.2) is 4.68 Å². The third-order valence-electron chi connectivity index (χ3n) is 6.04. The van der Waals surface area contributed by atoms with Crippen LogP contribution >= 0.6 is 0 Å². The predicted octanol–water partition coefficient (Wildman–Crippen LogP) is 4.30. The number of ether oxygens (including phenoxy) is 2. The minimum absolute atomic E-state index is 0.167. The van der Waals surface area contributed by atoms with Crippen LogP contribution in [0.4, 0.5) is 11.6 Å². The van der Waals surface area contributed by atoms with E-state index in [2.05, 4.69) is 15.6 Å². The summed E-state index contributed by atoms with van der Waals surface area (Å²) < 4.78 is 12.9. The highest BCUT2D eigenvalue weighted by Gasteiger charge is 2.35. The Balaban J connectivity index is 1.46. The number of hydrogen-bond acceptors (Lipinski definition) is 7. The lowest BCUT2D eigenvalue weighted by Crippen LogP contribution is -2.31. The lowest BCUT2D eigenvalue weighted by Gasteiger charge is -2.28. The van der Waals surface area contributed by atoms with E-state index in [1.807, 2.05) is 56.3 Å². The Morgan fingerprint density at radius 1 is 1.09 bits per heavy atom. The molecule has 1 amide bonds. The van der Waals surface area contributed by atoms with Gasteiger partial charge in [-0.15, -0.1) is 5.10 Å². The number of fused-ring (bicyclic) bond motifs is 2. The number of pyridine rings is 1. The van der Waals surface area contributed by atoms with E-state index in [9.17, 15) is 4.79 Å². The average molecular weight is 467 g/mol. The molecule has 2 aliphatic rings. The number of rotatable bonds is 4. The molecule has 4 aromatic rings. The Morgan fingerprint density at radius 3 is 2.71 bits per heavy atom. The van der Waals surface area contributed by atoms with Crippen LogP contribution in [0.3, 0.4) is 0 Å². The zero-order valence-corrected chi connectivity index (χ0v) is 19.1. The summed E-state index contributed by atoms with van der Waals surface area (Å²) in [5.74, 6) is 2.16. The molecule has 2 N–H and O–H groups in total. The summed E-state index contributed by atoms with van der Waals surface area (Å²) in [6, 6.07) is 16.7. The number of anilines is 2. The fourth-order valence-electron chi connectivity index (χ4n) is 4.30. The van der Waals surface area contributed by atoms with Crippen molar-refractivity contribution in [3.63, 3.8) is 0 Å². The van der Waals surface area contributed by atoms with Gasteiger partial charge in [-0.1, -0.05) is 35.9 Å². The minimum atomic E-state index is -0.538. The molecule has 0 aliphatic carbocycles. The molecule has 1 unspecified atom stereocenters. The fourth-order valence-corrected chi connectivity index (χ4v) is 4.30. The monoisotopic (exact) mass is 466 g/mol. The standard InChI is InChI=1S/C26H22N6O3/c1-15-5-7-17(8-6-15)24-30-26-28-16(2)22(25(33)29-19-4-3-11-27-13-19)23(32(26)31-24)18-9-10-20-21(12-18)35-14-34-20/h3-13,23H,14H2,1-2H3,(H,29,33)(H,28,30,31). The summed E-state index contributed by atoms with van der Waals surface area (Å²) in [4.78, 5) is 22.4. The van der Waals surface area contributed by atoms with Crippen LogP contribution in [0.5, 0.6) is 11.5 Å². The van der Waals surface area contributed by atoms with Gasteiger partial charge in [0.25, 0.3) is 5.91 Å². The van der Waals surface area contributed by atoms with E-state index < -0.39 is 6.04 Å². The van der Waals surface area contributed by atoms with Gasteiger partial charge in [0.05, 0.1) is 17.5 Å². The molecule has 9 heteroatoms. The maximum Gasteiger partial charge on any atom is 0.255 e. The van der Waals surface area contributed by atoms with E-state index in [-0.39, 0.29) is 12.7 Å². The average Bonchev–Trinajstić information content (AvgIpc) is 3.50. The molecule has 4 heterocycles. The van der Waals surface area contributed by atoms with Gasteiger partial charge in [-0.05, 0) is 43.7 Å². The normalized spacial score (nSPS) is 16.0. The Labute approximate surface area is 201 Å². The molecule has 2 aromatic carbocycles. The van der Waals surface area contributed by atoms with Crippen molar-refractivity contribution in [2.75, 3.05) is 17.4 Å². The molecular weight excluding hydrogens is 444 g/mol. The molecule has 9 nitrogen and oxygen atoms in total. The Hall–Kier alpha value is -4.66. The lowest BCUT2D eigenvalue weighted by atomic mass is 9.94. The summed E-state index contributed by atoms with van der Waals surface area (Å²) in [6.07, 6.45) is 3.27. The van der Waals surface area contributed by atoms with Gasteiger partial charge in [0.2, 0.25) is 12.7 Å². The fraction of sp³-hybridized carbons (Fsp3) is 0.154. The molecule has 2 aliphatic heterocycles. The number of aromatic nitrogens is 4. The van der Waals surface area contributed by atoms with Crippen LogP contribution in [0.2, 0.25) is 0 Å². The molecule has 0 saturated heterocycles. The number of benzene rings is 2. The number of allylic oxidation sites excluding steroid dienone is 1. The second-order valence-electron chi connectivity index (χ2n) is 8.44. The van der Waals surface area contributed by atoms with Crippen LogP contribution in [0.25, 0.3) is 11.4 Å². The van der Waals surface area contributed by atoms with Crippen molar-refractivity contribution in [2.24, 2.45) is 0 Å². The first kappa shape index (κ1) is 20.9. The number of nitrogens with zero attached hydrogens (tertiary/aromatic N) is 4. The SMILES string of the molecule is CC1=C(C(=O)Nc2cccnc2)C(c2ccc3c(c2)OCO3)n2nc(-c3ccc(C)cc3)nc2N1. The predicted molar refractivity (Wildman–Crippen MR) is 130 cm³/mol. The van der Waals surface area contributed by atoms with Gasteiger partial charge in [-0.3, -0.25) is 9.78 Å². The molecule has 0 saturated carbocycles. The summed E-state index contributed by atoms with van der Waals surface area (Å²) in [6.45, 7) is 4.06. The van der Waals surface area contributed by atoms with Gasteiger partial charge in [0, 0.05) is 17.5 Å². The molecule has 0 radical (unpaired) electrons. The van der Waals surface area contributed by atoms with E-state index in [0.717, 1.165) is 16.7 Å². The van der Waals surface area contributed by atoms with E-state index in [0.29, 0.717) is 40.2 Å². The number of aryl methyl sites for hydroxylation is 1. The van der Waals surface area contributed by atoms with Crippen LogP contribution < -0.4 is 20.1 Å². The molecule has 35 heavy (non-hydrogen) atoms. The van der Waals surface area contributed by atoms with Crippen molar-refractivity contribution in [2.45, 2.75) is 19.9 Å². The Kier molecular flexibility index (Phi) is 4.95. The first-order valence-electron chi connectivity index (χ1n) is 11.2. The van der Waals surface area contributed by atoms with E-state index >= 15 is 0 Å². The first-order chi connectivity index (χ1) is 17.1. The molecule has 0 spiro atoms. The van der Waals surface area contributed by atoms with E-state index in [1.165, 1.54) is 0 Å². The number of carbonyl (C=O) groups is 1. The zero-order chi connectivity index (χ0) is 23.9. The molecule has 0 bridgehead atoms. The van der Waals surface area contributed by atoms with Gasteiger partial charge in [0.15, 0.2) is 17.3 Å². The van der Waals surface area contributed by atoms with Crippen molar-refractivity contribution in [3.05, 3.63) is 89.4 Å². The number of nitrogens with one attached hydrogen (secondary N) is 2. The number of hydrogen-bond donors (Lipinski definition) is 2. The quantitative estimate of drug-likeness (QED) is 0.462. The third kappa shape index (κ3) is 3.76. The topological polar surface area (TPSA) is 103 Å². The molecule has 0 fully saturated rings. The van der Waals surface area contributed by atoms with Gasteiger partial charge in [0.1, 0.15) is 6.04 Å². The smallest absolute Gasteiger partial charge is 0.255 e. The summed E-state index contributed by atoms with van der Waals surface area (Å²) in [5.41, 5.74) is 4.67. The van der Waals surface area contributed by atoms with Gasteiger partial charge in [-0.2, -0.15) is 4.98 Å². The summed E-state index contributed by atoms with van der Waals surface area (Å²) in [5, 5.41) is 11.0. The highest BCUT2D eigenvalue weighted by Crippen LogP contribution is 2.41. The van der Waals surface area contributed by atoms with Crippen LogP contribution in [0, 0.1) is 6.92 Å². The lowest BCUT2D eigenvalue weighted by molar-refractivity contribution is -0.113. The van der Waals surface area contributed by atoms with Crippen LogP contribution in [-0.2, 0) is 4.79 Å². The van der Waals surface area contributed by atoms with Crippen LogP contribution in [0.15, 0.2) is 78.3 Å². The van der Waals surface area contributed by atoms with Crippen molar-refractivity contribution >= 4 is 17.5 Å². The van der Waals surface area contributed by atoms with Gasteiger partial charge >= 0.3 is 0 Å². The second kappa shape index (κ2) is 8.28. The van der Waals surface area contributed by atoms with Crippen molar-refractivity contribution in [1.29, 1.82) is 0 Å². The van der Waals surface area contributed by atoms with Crippen LogP contribution in [-0.4, -0.2) is 32.4 Å². The molecule has 2 aromatic heterocycles. The van der Waals surface area contributed by atoms with E-state index in [4.69, 9.17) is 19.6 Å². The minimum Gasteiger partial charge on any atom is -0.454 e. The maximum atomic E-state index is 13.6. The highest BCUT2D eigenvalue weighted by atomic mass is 16.7. The first-order valence-corrected chi connectivity index (χ1v) is 11.2. The molecule has 1 atom stereocenters. The largest absolute Gasteiger partial charge is 0.454 e. The number of amides is 1. The summed E-state index contributed by atoms with van der Waals surface area (Å²) >= 11 is 0. The zero-order valence-electron chi connectivity index (χ0n) is 19.1. The molecule has 6 rings (SSSR count). The van der Waals surface area contributed by atoms with Crippen molar-refractivity contribution in [3.8, 4) is 22.9 Å². The van der Waals surface area contributed by atoms with Crippen molar-refractivity contribution in [1.82, 2.24) is 19.7 Å². The molecular formula is C26H22N6O3. The maximum absolute atomic E-state index is 13.6.